The van der Waals surface area contributed by atoms with Gasteiger partial charge in [0.15, 0.2) is 0 Å². The molecule has 1 rings (SSSR count). The Morgan fingerprint density at radius 3 is 2.32 bits per heavy atom. The Hall–Kier alpha value is -2.98. The fraction of sp³-hybridized carbons (Fsp3) is 0.333. The van der Waals surface area contributed by atoms with Crippen LogP contribution in [-0.4, -0.2) is 11.5 Å². The summed E-state index contributed by atoms with van der Waals surface area (Å²) in [5, 5.41) is 30.7. The maximum absolute atomic E-state index is 9.04. The van der Waals surface area contributed by atoms with Gasteiger partial charge in [-0.15, -0.1) is 0 Å². The molecule has 7 nitrogen and oxygen atoms in total. The summed E-state index contributed by atoms with van der Waals surface area (Å²) in [6.07, 6.45) is 0. The second-order valence-corrected chi connectivity index (χ2v) is 4.00. The van der Waals surface area contributed by atoms with Gasteiger partial charge in [-0.25, -0.2) is 0 Å². The molecule has 7 heteroatoms. The van der Waals surface area contributed by atoms with Crippen LogP contribution in [0.2, 0.25) is 0 Å². The van der Waals surface area contributed by atoms with E-state index in [0.717, 1.165) is 0 Å². The fourth-order valence-electron chi connectivity index (χ4n) is 1.50. The molecule has 0 aromatic rings. The highest BCUT2D eigenvalue weighted by atomic mass is 16.8. The minimum Gasteiger partial charge on any atom is -0.430 e. The van der Waals surface area contributed by atoms with Crippen molar-refractivity contribution >= 4 is 5.71 Å². The monoisotopic (exact) mass is 257 g/mol. The lowest BCUT2D eigenvalue weighted by molar-refractivity contribution is -0.165. The van der Waals surface area contributed by atoms with E-state index in [1.165, 1.54) is 6.92 Å². The maximum Gasteiger partial charge on any atom is 0.304 e. The molecule has 0 saturated heterocycles. The third-order valence-corrected chi connectivity index (χ3v) is 2.24. The molecule has 0 fully saturated rings. The minimum atomic E-state index is -1.56. The van der Waals surface area contributed by atoms with Gasteiger partial charge in [0.2, 0.25) is 5.88 Å². The Morgan fingerprint density at radius 1 is 1.32 bits per heavy atom. The zero-order valence-corrected chi connectivity index (χ0v) is 10.7. The van der Waals surface area contributed by atoms with Crippen LogP contribution in [0, 0.1) is 34.0 Å². The molecule has 0 radical (unpaired) electrons. The number of nitrogens with two attached hydrogens (primary N) is 1. The molecule has 0 aromatic carbocycles. The molecule has 1 aliphatic rings. The molecular formula is C12H11N5O2. The first-order chi connectivity index (χ1) is 8.89. The van der Waals surface area contributed by atoms with E-state index in [9.17, 15) is 0 Å². The van der Waals surface area contributed by atoms with Crippen molar-refractivity contribution in [2.24, 2.45) is 10.9 Å². The van der Waals surface area contributed by atoms with Crippen LogP contribution in [0.3, 0.4) is 0 Å². The largest absolute Gasteiger partial charge is 0.430 e. The van der Waals surface area contributed by atoms with Gasteiger partial charge in [0.25, 0.3) is 0 Å². The summed E-state index contributed by atoms with van der Waals surface area (Å²) < 4.78 is 5.25. The second kappa shape index (κ2) is 5.12. The fourth-order valence-corrected chi connectivity index (χ4v) is 1.50. The van der Waals surface area contributed by atoms with Crippen LogP contribution in [0.25, 0.3) is 0 Å². The van der Waals surface area contributed by atoms with Crippen molar-refractivity contribution in [3.8, 4) is 18.2 Å². The molecule has 0 saturated carbocycles. The summed E-state index contributed by atoms with van der Waals surface area (Å²) in [4.78, 5) is 5.18. The van der Waals surface area contributed by atoms with Crippen molar-refractivity contribution in [3.05, 3.63) is 22.6 Å². The Balaban J connectivity index is 3.45. The number of oxime groups is 1. The summed E-state index contributed by atoms with van der Waals surface area (Å²) in [6, 6.07) is 5.18. The van der Waals surface area contributed by atoms with Gasteiger partial charge < -0.3 is 15.3 Å². The molecule has 1 aliphatic heterocycles. The van der Waals surface area contributed by atoms with E-state index in [1.54, 1.807) is 32.1 Å². The van der Waals surface area contributed by atoms with Crippen LogP contribution in [0.5, 0.6) is 0 Å². The number of nitrogens with zero attached hydrogens (tertiary/aromatic N) is 4. The summed E-state index contributed by atoms with van der Waals surface area (Å²) in [6.45, 7) is 4.82. The molecule has 0 bridgehead atoms. The molecule has 96 valence electrons. The van der Waals surface area contributed by atoms with Crippen molar-refractivity contribution < 1.29 is 9.57 Å². The van der Waals surface area contributed by atoms with Crippen molar-refractivity contribution in [1.82, 2.24) is 0 Å². The maximum atomic E-state index is 9.04. The average Bonchev–Trinajstić information content (AvgIpc) is 2.61. The summed E-state index contributed by atoms with van der Waals surface area (Å²) >= 11 is 0. The Kier molecular flexibility index (Phi) is 3.79. The number of allylic oxidation sites excluding steroid dienone is 1. The number of nitriles is 3. The van der Waals surface area contributed by atoms with Gasteiger partial charge in [-0.3, -0.25) is 0 Å². The molecular weight excluding hydrogens is 246 g/mol. The number of hydrogen-bond acceptors (Lipinski definition) is 7. The van der Waals surface area contributed by atoms with E-state index >= 15 is 0 Å². The lowest BCUT2D eigenvalue weighted by Gasteiger charge is -2.23. The lowest BCUT2D eigenvalue weighted by atomic mass is 9.97. The first-order valence-corrected chi connectivity index (χ1v) is 5.23. The smallest absolute Gasteiger partial charge is 0.304 e. The third kappa shape index (κ3) is 2.48. The Bertz CT molecular complexity index is 604. The highest BCUT2D eigenvalue weighted by Crippen LogP contribution is 2.39. The number of hydrogen-bond donors (Lipinski definition) is 1. The van der Waals surface area contributed by atoms with Crippen molar-refractivity contribution in [2.45, 2.75) is 26.6 Å². The summed E-state index contributed by atoms with van der Waals surface area (Å²) in [5.41, 5.74) is 5.76. The predicted molar refractivity (Wildman–Crippen MR) is 64.4 cm³/mol. The van der Waals surface area contributed by atoms with Crippen LogP contribution in [0.15, 0.2) is 27.8 Å². The standard InChI is InChI=1S/C12H11N5O2/c1-7(2)17-19-12(3)10(8(4-13)5-14)9(6-15)11(16)18-12/h16H2,1-3H3/t12-/m0/s1. The van der Waals surface area contributed by atoms with Crippen LogP contribution >= 0.6 is 0 Å². The summed E-state index contributed by atoms with van der Waals surface area (Å²) in [7, 11) is 0. The molecule has 19 heavy (non-hydrogen) atoms. The van der Waals surface area contributed by atoms with Crippen molar-refractivity contribution in [1.29, 1.82) is 15.8 Å². The van der Waals surface area contributed by atoms with Gasteiger partial charge in [-0.05, 0) is 13.8 Å². The lowest BCUT2D eigenvalue weighted by Crippen LogP contribution is -2.30. The quantitative estimate of drug-likeness (QED) is 0.449. The van der Waals surface area contributed by atoms with Gasteiger partial charge in [-0.2, -0.15) is 15.8 Å². The van der Waals surface area contributed by atoms with Crippen LogP contribution < -0.4 is 5.73 Å². The minimum absolute atomic E-state index is 0.0116. The predicted octanol–water partition coefficient (Wildman–Crippen LogP) is 1.18. The molecule has 0 aliphatic carbocycles. The van der Waals surface area contributed by atoms with E-state index in [0.29, 0.717) is 5.71 Å². The first kappa shape index (κ1) is 14.1. The van der Waals surface area contributed by atoms with E-state index < -0.39 is 5.79 Å². The molecule has 1 heterocycles. The molecule has 0 aromatic heterocycles. The van der Waals surface area contributed by atoms with Gasteiger partial charge in [0, 0.05) is 6.92 Å². The van der Waals surface area contributed by atoms with Gasteiger partial charge in [0.05, 0.1) is 11.3 Å². The molecule has 0 spiro atoms. The zero-order valence-electron chi connectivity index (χ0n) is 10.7. The molecule has 2 N–H and O–H groups in total. The second-order valence-electron chi connectivity index (χ2n) is 4.00. The van der Waals surface area contributed by atoms with E-state index in [1.807, 2.05) is 0 Å². The summed E-state index contributed by atoms with van der Waals surface area (Å²) in [5.74, 6) is -1.76. The van der Waals surface area contributed by atoms with Crippen LogP contribution in [0.4, 0.5) is 0 Å². The van der Waals surface area contributed by atoms with Crippen molar-refractivity contribution in [2.75, 3.05) is 0 Å². The molecule has 0 unspecified atom stereocenters. The van der Waals surface area contributed by atoms with Gasteiger partial charge in [-0.1, -0.05) is 5.16 Å². The van der Waals surface area contributed by atoms with Crippen molar-refractivity contribution in [3.63, 3.8) is 0 Å². The number of rotatable bonds is 2. The first-order valence-electron chi connectivity index (χ1n) is 5.23. The number of ether oxygens (including phenoxy) is 1. The zero-order chi connectivity index (χ0) is 14.6. The Labute approximate surface area is 110 Å². The van der Waals surface area contributed by atoms with Crippen LogP contribution in [0.1, 0.15) is 20.8 Å². The van der Waals surface area contributed by atoms with E-state index in [2.05, 4.69) is 5.16 Å². The van der Waals surface area contributed by atoms with Gasteiger partial charge >= 0.3 is 5.79 Å². The highest BCUT2D eigenvalue weighted by molar-refractivity contribution is 5.78. The van der Waals surface area contributed by atoms with E-state index in [4.69, 9.17) is 31.1 Å². The third-order valence-electron chi connectivity index (χ3n) is 2.24. The van der Waals surface area contributed by atoms with E-state index in [-0.39, 0.29) is 22.6 Å². The van der Waals surface area contributed by atoms with Gasteiger partial charge in [0.1, 0.15) is 29.4 Å². The van der Waals surface area contributed by atoms with Crippen LogP contribution in [-0.2, 0) is 9.57 Å². The topological polar surface area (TPSA) is 128 Å². The highest BCUT2D eigenvalue weighted by Gasteiger charge is 2.47. The molecule has 0 amide bonds. The molecule has 1 atom stereocenters. The average molecular weight is 257 g/mol. The Morgan fingerprint density at radius 2 is 1.89 bits per heavy atom. The normalized spacial score (nSPS) is 20.7. The SMILES string of the molecule is CC(C)=NO[C@]1(C)OC(N)=C(C#N)C1=C(C#N)C#N.